The summed E-state index contributed by atoms with van der Waals surface area (Å²) >= 11 is 0. The van der Waals surface area contributed by atoms with Gasteiger partial charge in [-0.1, -0.05) is 57.2 Å². The number of nitrogens with zero attached hydrogens (tertiary/aromatic N) is 1. The molecule has 0 aliphatic carbocycles. The molecule has 0 aromatic heterocycles. The zero-order valence-corrected chi connectivity index (χ0v) is 19.3. The minimum atomic E-state index is -3.99. The number of unbranched alkanes of at least 4 members (excludes halogenated alkanes) is 5. The first kappa shape index (κ1) is 25.9. The van der Waals surface area contributed by atoms with Gasteiger partial charge in [-0.2, -0.15) is 5.48 Å². The van der Waals surface area contributed by atoms with Gasteiger partial charge in [0, 0.05) is 19.6 Å². The molecular weight excluding hydrogens is 400 g/mol. The van der Waals surface area contributed by atoms with Gasteiger partial charge in [0.15, 0.2) is 4.91 Å². The van der Waals surface area contributed by atoms with Crippen molar-refractivity contribution in [3.05, 3.63) is 53.6 Å². The van der Waals surface area contributed by atoms with Crippen LogP contribution >= 0.6 is 0 Å². The Hall–Kier alpha value is -2.12. The summed E-state index contributed by atoms with van der Waals surface area (Å²) in [4.78, 5) is 19.3. The van der Waals surface area contributed by atoms with E-state index in [1.165, 1.54) is 37.5 Å². The van der Waals surface area contributed by atoms with Gasteiger partial charge in [-0.3, -0.25) is 0 Å². The molecule has 0 amide bonds. The summed E-state index contributed by atoms with van der Waals surface area (Å²) in [7, 11) is -3.99. The van der Waals surface area contributed by atoms with Crippen molar-refractivity contribution in [1.82, 2.24) is 10.4 Å². The largest absolute Gasteiger partial charge is 0.378 e. The van der Waals surface area contributed by atoms with Gasteiger partial charge in [0.2, 0.25) is 9.84 Å². The molecule has 6 nitrogen and oxygen atoms in total. The summed E-state index contributed by atoms with van der Waals surface area (Å²) < 4.78 is 26.0. The maximum absolute atomic E-state index is 13.0. The molecule has 0 heterocycles. The van der Waals surface area contributed by atoms with E-state index >= 15 is 0 Å². The lowest BCUT2D eigenvalue weighted by atomic mass is 10.1. The van der Waals surface area contributed by atoms with Crippen molar-refractivity contribution in [2.45, 2.75) is 64.2 Å². The Balaban J connectivity index is 2.82. The second-order valence-corrected chi connectivity index (χ2v) is 8.88. The molecule has 1 aromatic rings. The molecular formula is C23H36N2O4S. The number of nitrogens with one attached hydrogen (secondary N) is 1. The van der Waals surface area contributed by atoms with Crippen LogP contribution in [0.25, 0.3) is 0 Å². The number of hydroxylamine groups is 1. The number of benzene rings is 1. The number of hydrogen-bond acceptors (Lipinski definition) is 6. The number of hydrogen-bond donors (Lipinski definition) is 1. The van der Waals surface area contributed by atoms with Crippen LogP contribution in [0.5, 0.6) is 0 Å². The topological polar surface area (TPSA) is 75.7 Å². The van der Waals surface area contributed by atoms with Gasteiger partial charge in [0.05, 0.1) is 4.90 Å². The number of allylic oxidation sites excluding steroid dienone is 2. The van der Waals surface area contributed by atoms with Crippen LogP contribution in [0, 0.1) is 0 Å². The van der Waals surface area contributed by atoms with Gasteiger partial charge in [0.1, 0.15) is 0 Å². The van der Waals surface area contributed by atoms with Crippen LogP contribution in [0.4, 0.5) is 0 Å². The van der Waals surface area contributed by atoms with Gasteiger partial charge in [-0.05, 0) is 50.8 Å². The molecule has 1 rings (SSSR count). The third-order valence-corrected chi connectivity index (χ3v) is 6.47. The van der Waals surface area contributed by atoms with Crippen LogP contribution in [-0.2, 0) is 19.5 Å². The summed E-state index contributed by atoms with van der Waals surface area (Å²) in [5.74, 6) is -0.908. The quantitative estimate of drug-likeness (QED) is 0.187. The van der Waals surface area contributed by atoms with E-state index in [-0.39, 0.29) is 4.90 Å². The first-order valence-electron chi connectivity index (χ1n) is 10.8. The summed E-state index contributed by atoms with van der Waals surface area (Å²) in [5, 5.41) is 0. The lowest BCUT2D eigenvalue weighted by Crippen LogP contribution is -2.25. The smallest absolute Gasteiger partial charge is 0.368 e. The van der Waals surface area contributed by atoms with E-state index < -0.39 is 20.7 Å². The van der Waals surface area contributed by atoms with Crippen LogP contribution in [0.2, 0.25) is 0 Å². The Morgan fingerprint density at radius 3 is 2.27 bits per heavy atom. The first-order chi connectivity index (χ1) is 14.5. The van der Waals surface area contributed by atoms with Crippen LogP contribution in [-0.4, -0.2) is 38.9 Å². The van der Waals surface area contributed by atoms with Crippen molar-refractivity contribution in [3.63, 3.8) is 0 Å². The molecule has 0 fully saturated rings. The fourth-order valence-electron chi connectivity index (χ4n) is 2.82. The highest BCUT2D eigenvalue weighted by Gasteiger charge is 2.28. The molecule has 0 bridgehead atoms. The van der Waals surface area contributed by atoms with Crippen molar-refractivity contribution in [3.8, 4) is 0 Å². The fourth-order valence-corrected chi connectivity index (χ4v) is 4.11. The molecule has 7 heteroatoms. The van der Waals surface area contributed by atoms with Crippen molar-refractivity contribution >= 4 is 15.8 Å². The van der Waals surface area contributed by atoms with E-state index in [1.807, 2.05) is 18.7 Å². The Morgan fingerprint density at radius 2 is 1.63 bits per heavy atom. The summed E-state index contributed by atoms with van der Waals surface area (Å²) in [6, 6.07) is 7.91. The van der Waals surface area contributed by atoms with E-state index in [4.69, 9.17) is 4.84 Å². The van der Waals surface area contributed by atoms with E-state index in [2.05, 4.69) is 12.4 Å². The lowest BCUT2D eigenvalue weighted by molar-refractivity contribution is -0.145. The van der Waals surface area contributed by atoms with Gasteiger partial charge in [-0.15, -0.1) is 0 Å². The molecule has 0 aliphatic rings. The summed E-state index contributed by atoms with van der Waals surface area (Å²) in [6.07, 6.45) is 11.3. The molecule has 1 N–H and O–H groups in total. The van der Waals surface area contributed by atoms with Crippen molar-refractivity contribution in [1.29, 1.82) is 0 Å². The van der Waals surface area contributed by atoms with Gasteiger partial charge < -0.3 is 9.74 Å². The Labute approximate surface area is 181 Å². The highest BCUT2D eigenvalue weighted by atomic mass is 32.2. The van der Waals surface area contributed by atoms with Gasteiger partial charge in [0.25, 0.3) is 0 Å². The highest BCUT2D eigenvalue weighted by Crippen LogP contribution is 2.20. The highest BCUT2D eigenvalue weighted by molar-refractivity contribution is 7.96. The molecule has 0 saturated carbocycles. The fraction of sp³-hybridized carbons (Fsp3) is 0.522. The lowest BCUT2D eigenvalue weighted by Gasteiger charge is -2.14. The molecule has 0 aliphatic heterocycles. The maximum atomic E-state index is 13.0. The zero-order valence-electron chi connectivity index (χ0n) is 18.5. The van der Waals surface area contributed by atoms with Crippen LogP contribution in [0.15, 0.2) is 58.5 Å². The molecule has 0 unspecified atom stereocenters. The molecule has 0 atom stereocenters. The number of sulfone groups is 1. The molecule has 0 spiro atoms. The van der Waals surface area contributed by atoms with Crippen LogP contribution in [0.3, 0.4) is 0 Å². The number of carbonyl (C=O) groups is 1. The number of rotatable bonds is 15. The maximum Gasteiger partial charge on any atom is 0.368 e. The van der Waals surface area contributed by atoms with Crippen LogP contribution in [0.1, 0.15) is 59.3 Å². The summed E-state index contributed by atoms with van der Waals surface area (Å²) in [5.41, 5.74) is 2.61. The minimum absolute atomic E-state index is 0.0559. The second-order valence-electron chi connectivity index (χ2n) is 6.96. The van der Waals surface area contributed by atoms with Crippen LogP contribution < -0.4 is 5.48 Å². The molecule has 0 saturated heterocycles. The van der Waals surface area contributed by atoms with E-state index in [1.54, 1.807) is 30.5 Å². The SMILES string of the molecule is CCCCCCCCNOC(=O)/C(=C\C=C/N(CC)CC)S(=O)(=O)c1ccccc1. The van der Waals surface area contributed by atoms with E-state index in [9.17, 15) is 13.2 Å². The standard InChI is InChI=1S/C23H36N2O4S/c1-4-7-8-9-10-14-19-24-29-23(26)22(18-15-20-25(5-2)6-3)30(27,28)21-16-12-11-13-17-21/h11-13,15-18,20,24H,4-10,14,19H2,1-3H3/b20-15-,22-18+. The van der Waals surface area contributed by atoms with Gasteiger partial charge >= 0.3 is 5.97 Å². The normalized spacial score (nSPS) is 12.3. The molecule has 1 aromatic carbocycles. The monoisotopic (exact) mass is 436 g/mol. The summed E-state index contributed by atoms with van der Waals surface area (Å²) in [6.45, 7) is 8.23. The predicted molar refractivity (Wildman–Crippen MR) is 121 cm³/mol. The molecule has 30 heavy (non-hydrogen) atoms. The Morgan fingerprint density at radius 1 is 1.00 bits per heavy atom. The first-order valence-corrected chi connectivity index (χ1v) is 12.3. The third kappa shape index (κ3) is 9.13. The van der Waals surface area contributed by atoms with Gasteiger partial charge in [-0.25, -0.2) is 13.2 Å². The number of carbonyl (C=O) groups excluding carboxylic acids is 1. The Bertz CT molecular complexity index is 770. The Kier molecular flexibility index (Phi) is 12.8. The predicted octanol–water partition coefficient (Wildman–Crippen LogP) is 4.61. The third-order valence-electron chi connectivity index (χ3n) is 4.70. The molecule has 0 radical (unpaired) electrons. The van der Waals surface area contributed by atoms with Crippen molar-refractivity contribution < 1.29 is 18.0 Å². The van der Waals surface area contributed by atoms with Crippen molar-refractivity contribution in [2.75, 3.05) is 19.6 Å². The van der Waals surface area contributed by atoms with E-state index in [0.717, 1.165) is 32.4 Å². The minimum Gasteiger partial charge on any atom is -0.378 e. The van der Waals surface area contributed by atoms with Crippen molar-refractivity contribution in [2.24, 2.45) is 0 Å². The average molecular weight is 437 g/mol. The second kappa shape index (κ2) is 14.8. The van der Waals surface area contributed by atoms with E-state index in [0.29, 0.717) is 6.54 Å². The average Bonchev–Trinajstić information content (AvgIpc) is 2.76. The molecule has 168 valence electrons. The zero-order chi connectivity index (χ0) is 22.2.